The maximum absolute atomic E-state index is 10.8. The molecule has 0 radical (unpaired) electrons. The molecule has 2 unspecified atom stereocenters. The monoisotopic (exact) mass is 241 g/mol. The predicted octanol–water partition coefficient (Wildman–Crippen LogP) is 1.36. The topological polar surface area (TPSA) is 57.1 Å². The van der Waals surface area contributed by atoms with Crippen LogP contribution in [0.2, 0.25) is 0 Å². The van der Waals surface area contributed by atoms with Crippen molar-refractivity contribution < 1.29 is 19.0 Å². The van der Waals surface area contributed by atoms with Crippen molar-refractivity contribution in [1.82, 2.24) is 0 Å². The molecule has 2 heterocycles. The summed E-state index contributed by atoms with van der Waals surface area (Å²) in [6.45, 7) is 7.75. The lowest BCUT2D eigenvalue weighted by Gasteiger charge is -2.39. The number of carbonyl (C=O) groups is 1. The Hall–Kier alpha value is -1.10. The van der Waals surface area contributed by atoms with Crippen LogP contribution in [-0.2, 0) is 19.0 Å². The van der Waals surface area contributed by atoms with E-state index in [9.17, 15) is 4.79 Å². The molecule has 0 bridgehead atoms. The second kappa shape index (κ2) is 4.64. The second-order valence-corrected chi connectivity index (χ2v) is 4.82. The van der Waals surface area contributed by atoms with E-state index < -0.39 is 0 Å². The Morgan fingerprint density at radius 2 is 2.12 bits per heavy atom. The molecule has 0 N–H and O–H groups in total. The number of rotatable bonds is 2. The third-order valence-electron chi connectivity index (χ3n) is 3.61. The van der Waals surface area contributed by atoms with Gasteiger partial charge in [-0.3, -0.25) is 4.79 Å². The van der Waals surface area contributed by atoms with Gasteiger partial charge in [0.15, 0.2) is 5.90 Å². The molecule has 2 aliphatic heterocycles. The largest absolute Gasteiger partial charge is 0.463 e. The molecule has 0 spiro atoms. The standard InChI is InChI=1S/C12H19NO4/c1-6-7(2)11-12(16-8(3)13-11)17-10(6)5-15-9(4)14/h6-7,10-12H,5H2,1-4H3/t6-,7+,10?,11?,12-/m1/s1. The zero-order valence-electron chi connectivity index (χ0n) is 10.7. The zero-order valence-corrected chi connectivity index (χ0v) is 10.7. The van der Waals surface area contributed by atoms with E-state index in [0.717, 1.165) is 0 Å². The molecule has 1 saturated heterocycles. The smallest absolute Gasteiger partial charge is 0.302 e. The first-order valence-corrected chi connectivity index (χ1v) is 5.99. The van der Waals surface area contributed by atoms with Crippen LogP contribution in [0.5, 0.6) is 0 Å². The molecule has 0 aliphatic carbocycles. The van der Waals surface area contributed by atoms with Crippen molar-refractivity contribution in [3.05, 3.63) is 0 Å². The number of hydrogen-bond donors (Lipinski definition) is 0. The van der Waals surface area contributed by atoms with E-state index in [1.165, 1.54) is 6.92 Å². The summed E-state index contributed by atoms with van der Waals surface area (Å²) < 4.78 is 16.3. The van der Waals surface area contributed by atoms with Gasteiger partial charge < -0.3 is 14.2 Å². The number of ether oxygens (including phenoxy) is 3. The second-order valence-electron chi connectivity index (χ2n) is 4.82. The molecular formula is C12H19NO4. The molecule has 5 atom stereocenters. The Labute approximate surface area is 101 Å². The molecule has 5 nitrogen and oxygen atoms in total. The first-order valence-electron chi connectivity index (χ1n) is 5.99. The highest BCUT2D eigenvalue weighted by Gasteiger charge is 2.45. The van der Waals surface area contributed by atoms with Gasteiger partial charge in [-0.1, -0.05) is 13.8 Å². The molecular weight excluding hydrogens is 222 g/mol. The normalized spacial score (nSPS) is 40.2. The fourth-order valence-corrected chi connectivity index (χ4v) is 2.35. The Morgan fingerprint density at radius 3 is 2.76 bits per heavy atom. The lowest BCUT2D eigenvalue weighted by Crippen LogP contribution is -2.49. The third kappa shape index (κ3) is 2.44. The first kappa shape index (κ1) is 12.4. The predicted molar refractivity (Wildman–Crippen MR) is 61.6 cm³/mol. The van der Waals surface area contributed by atoms with Gasteiger partial charge in [0.25, 0.3) is 0 Å². The van der Waals surface area contributed by atoms with Crippen LogP contribution in [0.3, 0.4) is 0 Å². The van der Waals surface area contributed by atoms with E-state index in [1.54, 1.807) is 0 Å². The van der Waals surface area contributed by atoms with Crippen LogP contribution in [0, 0.1) is 11.8 Å². The molecule has 0 aromatic carbocycles. The minimum atomic E-state index is -0.318. The van der Waals surface area contributed by atoms with Crippen molar-refractivity contribution in [2.75, 3.05) is 6.61 Å². The molecule has 2 rings (SSSR count). The fraction of sp³-hybridized carbons (Fsp3) is 0.833. The van der Waals surface area contributed by atoms with Gasteiger partial charge in [0.1, 0.15) is 12.6 Å². The summed E-state index contributed by atoms with van der Waals surface area (Å²) in [7, 11) is 0. The van der Waals surface area contributed by atoms with E-state index in [1.807, 2.05) is 6.92 Å². The maximum Gasteiger partial charge on any atom is 0.302 e. The Morgan fingerprint density at radius 1 is 1.41 bits per heavy atom. The number of esters is 1. The lowest BCUT2D eigenvalue weighted by molar-refractivity contribution is -0.202. The van der Waals surface area contributed by atoms with Gasteiger partial charge in [0, 0.05) is 13.8 Å². The summed E-state index contributed by atoms with van der Waals surface area (Å²) in [6, 6.07) is 0.0681. The summed E-state index contributed by atoms with van der Waals surface area (Å²) in [5.74, 6) is 1.03. The summed E-state index contributed by atoms with van der Waals surface area (Å²) in [6.07, 6.45) is -0.432. The third-order valence-corrected chi connectivity index (χ3v) is 3.61. The highest BCUT2D eigenvalue weighted by molar-refractivity contribution is 5.75. The average Bonchev–Trinajstić information content (AvgIpc) is 2.62. The Balaban J connectivity index is 2.01. The fourth-order valence-electron chi connectivity index (χ4n) is 2.35. The average molecular weight is 241 g/mol. The Bertz CT molecular complexity index is 341. The molecule has 0 aromatic rings. The van der Waals surface area contributed by atoms with Crippen molar-refractivity contribution >= 4 is 11.9 Å². The minimum Gasteiger partial charge on any atom is -0.463 e. The van der Waals surface area contributed by atoms with E-state index in [0.29, 0.717) is 11.8 Å². The van der Waals surface area contributed by atoms with Gasteiger partial charge in [0.2, 0.25) is 6.29 Å². The number of fused-ring (bicyclic) bond motifs is 1. The zero-order chi connectivity index (χ0) is 12.6. The van der Waals surface area contributed by atoms with Crippen LogP contribution < -0.4 is 0 Å². The summed E-state index contributed by atoms with van der Waals surface area (Å²) >= 11 is 0. The van der Waals surface area contributed by atoms with E-state index in [2.05, 4.69) is 18.8 Å². The molecule has 5 heteroatoms. The molecule has 0 aromatic heterocycles. The molecule has 2 aliphatic rings. The van der Waals surface area contributed by atoms with Crippen molar-refractivity contribution in [2.45, 2.75) is 46.1 Å². The minimum absolute atomic E-state index is 0.0681. The van der Waals surface area contributed by atoms with Crippen LogP contribution in [0.1, 0.15) is 27.7 Å². The van der Waals surface area contributed by atoms with Gasteiger partial charge in [-0.05, 0) is 11.8 Å². The highest BCUT2D eigenvalue weighted by Crippen LogP contribution is 2.36. The maximum atomic E-state index is 10.8. The Kier molecular flexibility index (Phi) is 3.38. The van der Waals surface area contributed by atoms with E-state index >= 15 is 0 Å². The summed E-state index contributed by atoms with van der Waals surface area (Å²) in [5, 5.41) is 0. The molecule has 1 fully saturated rings. The van der Waals surface area contributed by atoms with E-state index in [4.69, 9.17) is 14.2 Å². The number of aliphatic imine (C=N–C) groups is 1. The number of nitrogens with zero attached hydrogens (tertiary/aromatic N) is 1. The van der Waals surface area contributed by atoms with Gasteiger partial charge in [0.05, 0.1) is 6.10 Å². The van der Waals surface area contributed by atoms with Crippen molar-refractivity contribution in [2.24, 2.45) is 16.8 Å². The molecule has 0 saturated carbocycles. The van der Waals surface area contributed by atoms with Crippen LogP contribution in [0.25, 0.3) is 0 Å². The van der Waals surface area contributed by atoms with Crippen molar-refractivity contribution in [3.63, 3.8) is 0 Å². The van der Waals surface area contributed by atoms with Crippen molar-refractivity contribution in [1.29, 1.82) is 0 Å². The molecule has 96 valence electrons. The first-order chi connectivity index (χ1) is 7.99. The highest BCUT2D eigenvalue weighted by atomic mass is 16.7. The van der Waals surface area contributed by atoms with Crippen LogP contribution in [0.4, 0.5) is 0 Å². The number of carbonyl (C=O) groups excluding carboxylic acids is 1. The van der Waals surface area contributed by atoms with Crippen LogP contribution in [0.15, 0.2) is 4.99 Å². The van der Waals surface area contributed by atoms with Gasteiger partial charge in [-0.2, -0.15) is 0 Å². The van der Waals surface area contributed by atoms with E-state index in [-0.39, 0.29) is 36.9 Å². The van der Waals surface area contributed by atoms with Crippen molar-refractivity contribution in [3.8, 4) is 0 Å². The molecule has 0 amide bonds. The number of hydrogen-bond acceptors (Lipinski definition) is 5. The van der Waals surface area contributed by atoms with Gasteiger partial charge in [-0.15, -0.1) is 0 Å². The lowest BCUT2D eigenvalue weighted by atomic mass is 9.83. The van der Waals surface area contributed by atoms with Gasteiger partial charge in [-0.25, -0.2) is 4.99 Å². The molecule has 17 heavy (non-hydrogen) atoms. The quantitative estimate of drug-likeness (QED) is 0.685. The van der Waals surface area contributed by atoms with Crippen LogP contribution in [-0.4, -0.2) is 36.9 Å². The summed E-state index contributed by atoms with van der Waals surface area (Å²) in [4.78, 5) is 15.3. The van der Waals surface area contributed by atoms with Crippen LogP contribution >= 0.6 is 0 Å². The van der Waals surface area contributed by atoms with Gasteiger partial charge >= 0.3 is 5.97 Å². The SMILES string of the molecule is CC(=O)OCC1O[C@H]2OC(C)=NC2[C@@H](C)[C@H]1C. The summed E-state index contributed by atoms with van der Waals surface area (Å²) in [5.41, 5.74) is 0.